The minimum atomic E-state index is -0.462. The van der Waals surface area contributed by atoms with Crippen molar-refractivity contribution in [1.29, 1.82) is 0 Å². The minimum absolute atomic E-state index is 0.185. The van der Waals surface area contributed by atoms with Crippen molar-refractivity contribution in [3.8, 4) is 5.75 Å². The fraction of sp³-hybridized carbons (Fsp3) is 0.500. The van der Waals surface area contributed by atoms with Crippen LogP contribution in [0.25, 0.3) is 0 Å². The molecule has 4 heteroatoms. The molecule has 0 fully saturated rings. The first-order chi connectivity index (χ1) is 8.36. The van der Waals surface area contributed by atoms with Crippen LogP contribution >= 0.6 is 0 Å². The SMILES string of the molecule is COc1c(F)ccc2c1C(OC(C)=O)C(C)(C)C2. The van der Waals surface area contributed by atoms with E-state index >= 15 is 0 Å². The maximum atomic E-state index is 13.7. The van der Waals surface area contributed by atoms with E-state index in [2.05, 4.69) is 0 Å². The van der Waals surface area contributed by atoms with Crippen molar-refractivity contribution in [1.82, 2.24) is 0 Å². The number of hydrogen-bond donors (Lipinski definition) is 0. The number of ether oxygens (including phenoxy) is 2. The first-order valence-corrected chi connectivity index (χ1v) is 5.89. The molecular weight excluding hydrogens is 235 g/mol. The Labute approximate surface area is 106 Å². The molecule has 0 heterocycles. The van der Waals surface area contributed by atoms with Crippen LogP contribution in [0.2, 0.25) is 0 Å². The van der Waals surface area contributed by atoms with E-state index in [1.807, 2.05) is 13.8 Å². The Morgan fingerprint density at radius 3 is 2.67 bits per heavy atom. The quantitative estimate of drug-likeness (QED) is 0.759. The van der Waals surface area contributed by atoms with Gasteiger partial charge in [0.1, 0.15) is 6.10 Å². The van der Waals surface area contributed by atoms with Crippen molar-refractivity contribution in [2.24, 2.45) is 5.41 Å². The lowest BCUT2D eigenvalue weighted by molar-refractivity contribution is -0.152. The first kappa shape index (κ1) is 12.9. The highest BCUT2D eigenvalue weighted by atomic mass is 19.1. The van der Waals surface area contributed by atoms with Crippen molar-refractivity contribution >= 4 is 5.97 Å². The first-order valence-electron chi connectivity index (χ1n) is 5.89. The van der Waals surface area contributed by atoms with Gasteiger partial charge in [0.2, 0.25) is 0 Å². The molecule has 0 radical (unpaired) electrons. The number of methoxy groups -OCH3 is 1. The highest BCUT2D eigenvalue weighted by Crippen LogP contribution is 2.51. The summed E-state index contributed by atoms with van der Waals surface area (Å²) in [6.45, 7) is 5.36. The van der Waals surface area contributed by atoms with Crippen molar-refractivity contribution in [2.45, 2.75) is 33.3 Å². The van der Waals surface area contributed by atoms with Crippen LogP contribution in [-0.4, -0.2) is 13.1 Å². The van der Waals surface area contributed by atoms with Crippen LogP contribution in [-0.2, 0) is 16.0 Å². The van der Waals surface area contributed by atoms with Gasteiger partial charge in [-0.25, -0.2) is 4.39 Å². The number of fused-ring (bicyclic) bond motifs is 1. The molecule has 1 aromatic carbocycles. The Morgan fingerprint density at radius 1 is 1.44 bits per heavy atom. The van der Waals surface area contributed by atoms with Crippen molar-refractivity contribution in [3.63, 3.8) is 0 Å². The predicted octanol–water partition coefficient (Wildman–Crippen LogP) is 3.02. The number of benzene rings is 1. The maximum absolute atomic E-state index is 13.7. The van der Waals surface area contributed by atoms with E-state index in [0.717, 1.165) is 12.0 Å². The Kier molecular flexibility index (Phi) is 3.05. The van der Waals surface area contributed by atoms with Crippen LogP contribution in [0.5, 0.6) is 5.75 Å². The molecule has 1 atom stereocenters. The molecule has 1 aliphatic carbocycles. The summed E-state index contributed by atoms with van der Waals surface area (Å²) >= 11 is 0. The molecule has 0 N–H and O–H groups in total. The second kappa shape index (κ2) is 4.26. The summed E-state index contributed by atoms with van der Waals surface area (Å²) in [6.07, 6.45) is 0.271. The van der Waals surface area contributed by atoms with Crippen LogP contribution in [0.15, 0.2) is 12.1 Å². The van der Waals surface area contributed by atoms with Gasteiger partial charge in [0.25, 0.3) is 0 Å². The number of carbonyl (C=O) groups excluding carboxylic acids is 1. The van der Waals surface area contributed by atoms with Gasteiger partial charge in [-0.3, -0.25) is 4.79 Å². The van der Waals surface area contributed by atoms with E-state index in [1.165, 1.54) is 20.1 Å². The Balaban J connectivity index is 2.56. The van der Waals surface area contributed by atoms with Gasteiger partial charge in [-0.2, -0.15) is 0 Å². The zero-order valence-electron chi connectivity index (χ0n) is 11.0. The lowest BCUT2D eigenvalue weighted by Crippen LogP contribution is -2.22. The van der Waals surface area contributed by atoms with Gasteiger partial charge >= 0.3 is 5.97 Å². The third-order valence-corrected chi connectivity index (χ3v) is 3.34. The van der Waals surface area contributed by atoms with E-state index < -0.39 is 11.9 Å². The summed E-state index contributed by atoms with van der Waals surface area (Å²) in [6, 6.07) is 3.13. The van der Waals surface area contributed by atoms with Gasteiger partial charge < -0.3 is 9.47 Å². The Hall–Kier alpha value is -1.58. The smallest absolute Gasteiger partial charge is 0.303 e. The van der Waals surface area contributed by atoms with Crippen LogP contribution in [0.4, 0.5) is 4.39 Å². The molecule has 98 valence electrons. The highest BCUT2D eigenvalue weighted by molar-refractivity contribution is 5.67. The normalized spacial score (nSPS) is 20.4. The second-order valence-corrected chi connectivity index (χ2v) is 5.31. The molecule has 0 saturated heterocycles. The largest absolute Gasteiger partial charge is 0.493 e. The number of carbonyl (C=O) groups is 1. The minimum Gasteiger partial charge on any atom is -0.493 e. The molecule has 18 heavy (non-hydrogen) atoms. The third kappa shape index (κ3) is 1.96. The predicted molar refractivity (Wildman–Crippen MR) is 64.9 cm³/mol. The lowest BCUT2D eigenvalue weighted by atomic mass is 9.87. The lowest BCUT2D eigenvalue weighted by Gasteiger charge is -2.27. The summed E-state index contributed by atoms with van der Waals surface area (Å²) in [5, 5.41) is 0. The van der Waals surface area contributed by atoms with Crippen molar-refractivity contribution in [2.75, 3.05) is 7.11 Å². The average Bonchev–Trinajstić information content (AvgIpc) is 2.51. The fourth-order valence-electron chi connectivity index (χ4n) is 2.62. The zero-order chi connectivity index (χ0) is 13.5. The van der Waals surface area contributed by atoms with Crippen LogP contribution in [0, 0.1) is 11.2 Å². The zero-order valence-corrected chi connectivity index (χ0v) is 11.0. The number of esters is 1. The third-order valence-electron chi connectivity index (χ3n) is 3.34. The fourth-order valence-corrected chi connectivity index (χ4v) is 2.62. The Morgan fingerprint density at radius 2 is 2.11 bits per heavy atom. The molecule has 0 bridgehead atoms. The molecule has 2 rings (SSSR count). The van der Waals surface area contributed by atoms with Gasteiger partial charge in [0.15, 0.2) is 11.6 Å². The average molecular weight is 252 g/mol. The molecule has 3 nitrogen and oxygen atoms in total. The number of halogens is 1. The standard InChI is InChI=1S/C14H17FO3/c1-8(16)18-13-11-9(7-14(13,2)3)5-6-10(15)12(11)17-4/h5-6,13H,7H2,1-4H3. The van der Waals surface area contributed by atoms with Crippen molar-refractivity contribution < 1.29 is 18.7 Å². The molecule has 0 aliphatic heterocycles. The van der Waals surface area contributed by atoms with Gasteiger partial charge in [-0.15, -0.1) is 0 Å². The van der Waals surface area contributed by atoms with E-state index in [9.17, 15) is 9.18 Å². The number of rotatable bonds is 2. The van der Waals surface area contributed by atoms with E-state index in [1.54, 1.807) is 6.07 Å². The van der Waals surface area contributed by atoms with E-state index in [4.69, 9.17) is 9.47 Å². The molecule has 1 aromatic rings. The molecule has 0 amide bonds. The topological polar surface area (TPSA) is 35.5 Å². The van der Waals surface area contributed by atoms with Crippen LogP contribution in [0.3, 0.4) is 0 Å². The second-order valence-electron chi connectivity index (χ2n) is 5.31. The Bertz CT molecular complexity index is 494. The van der Waals surface area contributed by atoms with Gasteiger partial charge in [-0.05, 0) is 18.1 Å². The van der Waals surface area contributed by atoms with Crippen molar-refractivity contribution in [3.05, 3.63) is 29.1 Å². The van der Waals surface area contributed by atoms with Gasteiger partial charge in [0.05, 0.1) is 7.11 Å². The number of hydrogen-bond acceptors (Lipinski definition) is 3. The molecule has 1 unspecified atom stereocenters. The molecule has 0 saturated carbocycles. The summed E-state index contributed by atoms with van der Waals surface area (Å²) in [5.41, 5.74) is 1.39. The maximum Gasteiger partial charge on any atom is 0.303 e. The van der Waals surface area contributed by atoms with Crippen LogP contribution in [0.1, 0.15) is 38.0 Å². The summed E-state index contributed by atoms with van der Waals surface area (Å²) in [7, 11) is 1.43. The summed E-state index contributed by atoms with van der Waals surface area (Å²) < 4.78 is 24.2. The summed E-state index contributed by atoms with van der Waals surface area (Å²) in [4.78, 5) is 11.2. The molecular formula is C14H17FO3. The summed E-state index contributed by atoms with van der Waals surface area (Å²) in [5.74, 6) is -0.609. The highest BCUT2D eigenvalue weighted by Gasteiger charge is 2.44. The van der Waals surface area contributed by atoms with E-state index in [0.29, 0.717) is 5.56 Å². The van der Waals surface area contributed by atoms with Gasteiger partial charge in [-0.1, -0.05) is 19.9 Å². The molecule has 1 aliphatic rings. The molecule has 0 spiro atoms. The van der Waals surface area contributed by atoms with Gasteiger partial charge in [0, 0.05) is 17.9 Å². The van der Waals surface area contributed by atoms with E-state index in [-0.39, 0.29) is 17.1 Å². The molecule has 0 aromatic heterocycles. The monoisotopic (exact) mass is 252 g/mol. The van der Waals surface area contributed by atoms with Crippen LogP contribution < -0.4 is 4.74 Å².